The molecule has 0 spiro atoms. The Morgan fingerprint density at radius 2 is 2.13 bits per heavy atom. The van der Waals surface area contributed by atoms with Gasteiger partial charge < -0.3 is 5.11 Å². The zero-order valence-corrected chi connectivity index (χ0v) is 10.9. The molecule has 0 fully saturated rings. The highest BCUT2D eigenvalue weighted by Gasteiger charge is 2.06. The second kappa shape index (κ2) is 5.42. The van der Waals surface area contributed by atoms with E-state index in [1.165, 1.54) is 0 Å². The topological polar surface area (TPSA) is 32.6 Å². The first-order chi connectivity index (χ1) is 7.06. The van der Waals surface area contributed by atoms with Crippen LogP contribution >= 0.6 is 15.9 Å². The molecule has 0 saturated carbocycles. The Kier molecular flexibility index (Phi) is 4.48. The smallest absolute Gasteiger partial charge is 0.0816 e. The van der Waals surface area contributed by atoms with Gasteiger partial charge in [-0.15, -0.1) is 0 Å². The Bertz CT molecular complexity index is 372. The minimum absolute atomic E-state index is 0.0175. The van der Waals surface area contributed by atoms with Crippen molar-refractivity contribution >= 4 is 27.3 Å². The summed E-state index contributed by atoms with van der Waals surface area (Å²) in [5.41, 5.74) is 2.84. The van der Waals surface area contributed by atoms with Crippen molar-refractivity contribution in [2.24, 2.45) is 10.9 Å². The van der Waals surface area contributed by atoms with E-state index in [0.29, 0.717) is 0 Å². The summed E-state index contributed by atoms with van der Waals surface area (Å²) in [5.74, 6) is 0.272. The van der Waals surface area contributed by atoms with Gasteiger partial charge in [0, 0.05) is 10.2 Å². The lowest BCUT2D eigenvalue weighted by molar-refractivity contribution is 0.351. The van der Waals surface area contributed by atoms with Gasteiger partial charge in [-0.25, -0.2) is 0 Å². The van der Waals surface area contributed by atoms with Crippen molar-refractivity contribution in [3.8, 4) is 0 Å². The molecule has 1 aromatic rings. The lowest BCUT2D eigenvalue weighted by Gasteiger charge is -2.09. The maximum Gasteiger partial charge on any atom is 0.0816 e. The first-order valence-corrected chi connectivity index (χ1v) is 5.79. The number of hydrogen-bond acceptors (Lipinski definition) is 2. The second-order valence-corrected chi connectivity index (χ2v) is 4.65. The summed E-state index contributed by atoms with van der Waals surface area (Å²) in [6, 6.07) is 5.89. The van der Waals surface area contributed by atoms with Crippen LogP contribution in [0.25, 0.3) is 0 Å². The maximum absolute atomic E-state index is 9.18. The number of benzene rings is 1. The molecular formula is C12H16BrNO. The number of nitrogens with zero attached hydrogens (tertiary/aromatic N) is 1. The molecule has 0 unspecified atom stereocenters. The molecule has 0 amide bonds. The average molecular weight is 270 g/mol. The second-order valence-electron chi connectivity index (χ2n) is 3.80. The third-order valence-corrected chi connectivity index (χ3v) is 3.19. The summed E-state index contributed by atoms with van der Waals surface area (Å²) in [6.45, 7) is 6.09. The van der Waals surface area contributed by atoms with Crippen LogP contribution in [0.1, 0.15) is 19.4 Å². The van der Waals surface area contributed by atoms with Crippen LogP contribution in [0, 0.1) is 12.8 Å². The molecule has 0 atom stereocenters. The van der Waals surface area contributed by atoms with Gasteiger partial charge in [-0.05, 0) is 30.5 Å². The lowest BCUT2D eigenvalue weighted by atomic mass is 10.1. The van der Waals surface area contributed by atoms with E-state index in [1.54, 1.807) is 0 Å². The molecule has 1 N–H and O–H groups in total. The van der Waals surface area contributed by atoms with E-state index in [-0.39, 0.29) is 12.5 Å². The van der Waals surface area contributed by atoms with E-state index < -0.39 is 0 Å². The molecule has 3 heteroatoms. The summed E-state index contributed by atoms with van der Waals surface area (Å²) >= 11 is 3.46. The van der Waals surface area contributed by atoms with Crippen LogP contribution in [0.15, 0.2) is 27.7 Å². The zero-order valence-electron chi connectivity index (χ0n) is 9.29. The Hall–Kier alpha value is -0.670. The molecule has 0 aliphatic heterocycles. The standard InChI is InChI=1S/C12H16BrNO/c1-8(2)12(7-15)14-11-6-4-5-10(13)9(11)3/h4-6,8,15H,7H2,1-3H3. The van der Waals surface area contributed by atoms with Crippen molar-refractivity contribution in [2.75, 3.05) is 6.61 Å². The summed E-state index contributed by atoms with van der Waals surface area (Å²) in [4.78, 5) is 4.47. The number of aliphatic hydroxyl groups excluding tert-OH is 1. The number of hydrogen-bond donors (Lipinski definition) is 1. The lowest BCUT2D eigenvalue weighted by Crippen LogP contribution is -2.11. The summed E-state index contributed by atoms with van der Waals surface area (Å²) in [7, 11) is 0. The number of halogens is 1. The summed E-state index contributed by atoms with van der Waals surface area (Å²) in [5, 5.41) is 9.18. The highest BCUT2D eigenvalue weighted by molar-refractivity contribution is 9.10. The largest absolute Gasteiger partial charge is 0.390 e. The third kappa shape index (κ3) is 3.14. The molecular weight excluding hydrogens is 254 g/mol. The minimum atomic E-state index is 0.0175. The van der Waals surface area contributed by atoms with Gasteiger partial charge in [0.2, 0.25) is 0 Å². The Morgan fingerprint density at radius 1 is 1.47 bits per heavy atom. The normalized spacial score (nSPS) is 12.3. The van der Waals surface area contributed by atoms with Crippen LogP contribution in [-0.2, 0) is 0 Å². The van der Waals surface area contributed by atoms with Gasteiger partial charge >= 0.3 is 0 Å². The first kappa shape index (κ1) is 12.4. The van der Waals surface area contributed by atoms with Crippen molar-refractivity contribution in [3.63, 3.8) is 0 Å². The van der Waals surface area contributed by atoms with E-state index in [4.69, 9.17) is 0 Å². The highest BCUT2D eigenvalue weighted by atomic mass is 79.9. The SMILES string of the molecule is Cc1c(Br)cccc1N=C(CO)C(C)C. The first-order valence-electron chi connectivity index (χ1n) is 4.99. The van der Waals surface area contributed by atoms with Crippen molar-refractivity contribution in [3.05, 3.63) is 28.2 Å². The molecule has 82 valence electrons. The van der Waals surface area contributed by atoms with Gasteiger partial charge in [0.05, 0.1) is 12.3 Å². The average Bonchev–Trinajstić information content (AvgIpc) is 2.19. The number of rotatable bonds is 3. The van der Waals surface area contributed by atoms with E-state index >= 15 is 0 Å². The fourth-order valence-corrected chi connectivity index (χ4v) is 1.57. The van der Waals surface area contributed by atoms with Crippen molar-refractivity contribution in [1.82, 2.24) is 0 Å². The van der Waals surface area contributed by atoms with Crippen molar-refractivity contribution in [1.29, 1.82) is 0 Å². The quantitative estimate of drug-likeness (QED) is 0.838. The van der Waals surface area contributed by atoms with Crippen LogP contribution < -0.4 is 0 Å². The molecule has 0 saturated heterocycles. The van der Waals surface area contributed by atoms with E-state index in [0.717, 1.165) is 21.4 Å². The van der Waals surface area contributed by atoms with Crippen LogP contribution in [0.3, 0.4) is 0 Å². The van der Waals surface area contributed by atoms with Gasteiger partial charge in [-0.3, -0.25) is 4.99 Å². The molecule has 0 aliphatic carbocycles. The number of aliphatic imine (C=N–C) groups is 1. The predicted octanol–water partition coefficient (Wildman–Crippen LogP) is 3.48. The highest BCUT2D eigenvalue weighted by Crippen LogP contribution is 2.26. The van der Waals surface area contributed by atoms with E-state index in [1.807, 2.05) is 39.0 Å². The van der Waals surface area contributed by atoms with Crippen molar-refractivity contribution < 1.29 is 5.11 Å². The molecule has 0 bridgehead atoms. The zero-order chi connectivity index (χ0) is 11.4. The molecule has 0 aromatic heterocycles. The van der Waals surface area contributed by atoms with Crippen LogP contribution in [0.2, 0.25) is 0 Å². The molecule has 2 nitrogen and oxygen atoms in total. The predicted molar refractivity (Wildman–Crippen MR) is 67.9 cm³/mol. The molecule has 15 heavy (non-hydrogen) atoms. The van der Waals surface area contributed by atoms with Gasteiger partial charge in [-0.2, -0.15) is 0 Å². The van der Waals surface area contributed by atoms with Gasteiger partial charge in [0.15, 0.2) is 0 Å². The minimum Gasteiger partial charge on any atom is -0.390 e. The van der Waals surface area contributed by atoms with Crippen LogP contribution in [-0.4, -0.2) is 17.4 Å². The van der Waals surface area contributed by atoms with Gasteiger partial charge in [-0.1, -0.05) is 35.8 Å². The Labute approximate surface area is 99.2 Å². The number of aliphatic hydroxyl groups is 1. The van der Waals surface area contributed by atoms with E-state index in [9.17, 15) is 5.11 Å². The molecule has 1 rings (SSSR count). The van der Waals surface area contributed by atoms with Crippen LogP contribution in [0.4, 0.5) is 5.69 Å². The molecule has 0 heterocycles. The van der Waals surface area contributed by atoms with Crippen molar-refractivity contribution in [2.45, 2.75) is 20.8 Å². The molecule has 0 radical (unpaired) electrons. The molecule has 0 aliphatic rings. The van der Waals surface area contributed by atoms with Gasteiger partial charge in [0.1, 0.15) is 0 Å². The fraction of sp³-hybridized carbons (Fsp3) is 0.417. The Morgan fingerprint density at radius 3 is 2.67 bits per heavy atom. The Balaban J connectivity index is 3.11. The van der Waals surface area contributed by atoms with E-state index in [2.05, 4.69) is 20.9 Å². The monoisotopic (exact) mass is 269 g/mol. The molecule has 1 aromatic carbocycles. The third-order valence-electron chi connectivity index (χ3n) is 2.33. The summed E-state index contributed by atoms with van der Waals surface area (Å²) in [6.07, 6.45) is 0. The fourth-order valence-electron chi connectivity index (χ4n) is 1.22. The van der Waals surface area contributed by atoms with Crippen LogP contribution in [0.5, 0.6) is 0 Å². The summed E-state index contributed by atoms with van der Waals surface area (Å²) < 4.78 is 1.05. The maximum atomic E-state index is 9.18. The van der Waals surface area contributed by atoms with Gasteiger partial charge in [0.25, 0.3) is 0 Å².